The van der Waals surface area contributed by atoms with E-state index in [0.29, 0.717) is 11.5 Å². The summed E-state index contributed by atoms with van der Waals surface area (Å²) in [6.45, 7) is 3.95. The van der Waals surface area contributed by atoms with E-state index < -0.39 is 0 Å². The van der Waals surface area contributed by atoms with Crippen molar-refractivity contribution in [1.82, 2.24) is 14.9 Å². The average molecular weight is 337 g/mol. The fourth-order valence-corrected chi connectivity index (χ4v) is 3.47. The number of likely N-dealkylation sites (tertiary alicyclic amines) is 1. The fraction of sp³-hybridized carbons (Fsp3) is 0.421. The molecule has 2 aliphatic heterocycles. The van der Waals surface area contributed by atoms with E-state index in [1.54, 1.807) is 12.4 Å². The van der Waals surface area contributed by atoms with Crippen LogP contribution in [0.25, 0.3) is 0 Å². The summed E-state index contributed by atoms with van der Waals surface area (Å²) >= 11 is 0. The number of carbonyl (C=O) groups excluding carboxylic acids is 1. The Morgan fingerprint density at radius 3 is 2.12 bits per heavy atom. The Bertz CT molecular complexity index is 716. The Hall–Kier alpha value is -2.63. The third kappa shape index (κ3) is 3.57. The van der Waals surface area contributed by atoms with Crippen LogP contribution in [0.5, 0.6) is 0 Å². The molecular formula is C19H23N5O. The van der Waals surface area contributed by atoms with Crippen molar-refractivity contribution < 1.29 is 4.79 Å². The molecule has 1 N–H and O–H groups in total. The highest BCUT2D eigenvalue weighted by Gasteiger charge is 2.20. The number of aromatic nitrogens is 2. The first kappa shape index (κ1) is 15.9. The molecule has 6 heteroatoms. The molecule has 0 unspecified atom stereocenters. The molecule has 0 spiro atoms. The highest BCUT2D eigenvalue weighted by atomic mass is 16.2. The van der Waals surface area contributed by atoms with Gasteiger partial charge in [-0.25, -0.2) is 9.97 Å². The van der Waals surface area contributed by atoms with Crippen LogP contribution in [0.2, 0.25) is 0 Å². The van der Waals surface area contributed by atoms with Crippen LogP contribution in [0.4, 0.5) is 17.3 Å². The molecule has 0 aliphatic carbocycles. The lowest BCUT2D eigenvalue weighted by molar-refractivity contribution is 0.0792. The SMILES string of the molecule is O=C(c1cnc(Nc2ccc(N3CCCC3)cc2)nc1)N1CCCC1. The quantitative estimate of drug-likeness (QED) is 0.929. The predicted octanol–water partition coefficient (Wildman–Crippen LogP) is 3.06. The maximum atomic E-state index is 12.3. The van der Waals surface area contributed by atoms with Gasteiger partial charge in [0.25, 0.3) is 5.91 Å². The zero-order chi connectivity index (χ0) is 17.1. The number of hydrogen-bond acceptors (Lipinski definition) is 5. The Kier molecular flexibility index (Phi) is 4.50. The second-order valence-electron chi connectivity index (χ2n) is 6.66. The van der Waals surface area contributed by atoms with Gasteiger partial charge < -0.3 is 15.1 Å². The summed E-state index contributed by atoms with van der Waals surface area (Å²) in [6.07, 6.45) is 7.93. The average Bonchev–Trinajstić information content (AvgIpc) is 3.36. The molecule has 2 fully saturated rings. The number of carbonyl (C=O) groups is 1. The number of nitrogens with zero attached hydrogens (tertiary/aromatic N) is 4. The van der Waals surface area contributed by atoms with Crippen molar-refractivity contribution in [3.63, 3.8) is 0 Å². The molecule has 0 saturated carbocycles. The van der Waals surface area contributed by atoms with E-state index >= 15 is 0 Å². The van der Waals surface area contributed by atoms with Gasteiger partial charge in [0.15, 0.2) is 0 Å². The molecule has 1 aromatic carbocycles. The molecule has 4 rings (SSSR count). The highest BCUT2D eigenvalue weighted by Crippen LogP contribution is 2.23. The van der Waals surface area contributed by atoms with Gasteiger partial charge >= 0.3 is 0 Å². The van der Waals surface area contributed by atoms with Gasteiger partial charge in [0.1, 0.15) is 0 Å². The standard InChI is InChI=1S/C19H23N5O/c25-18(24-11-3-4-12-24)15-13-20-19(21-14-15)22-16-5-7-17(8-6-16)23-9-1-2-10-23/h5-8,13-14H,1-4,9-12H2,(H,20,21,22). The molecule has 0 radical (unpaired) electrons. The van der Waals surface area contributed by atoms with Crippen LogP contribution < -0.4 is 10.2 Å². The molecule has 130 valence electrons. The lowest BCUT2D eigenvalue weighted by Gasteiger charge is -2.17. The van der Waals surface area contributed by atoms with Crippen LogP contribution in [0.1, 0.15) is 36.0 Å². The predicted molar refractivity (Wildman–Crippen MR) is 98.3 cm³/mol. The number of amides is 1. The Balaban J connectivity index is 1.39. The topological polar surface area (TPSA) is 61.4 Å². The Morgan fingerprint density at radius 2 is 1.48 bits per heavy atom. The Morgan fingerprint density at radius 1 is 0.880 bits per heavy atom. The van der Waals surface area contributed by atoms with Gasteiger partial charge in [-0.1, -0.05) is 0 Å². The lowest BCUT2D eigenvalue weighted by atomic mass is 10.2. The van der Waals surface area contributed by atoms with Gasteiger partial charge in [0.2, 0.25) is 5.95 Å². The van der Waals surface area contributed by atoms with Crippen molar-refractivity contribution in [3.05, 3.63) is 42.2 Å². The van der Waals surface area contributed by atoms with E-state index in [2.05, 4.69) is 32.3 Å². The Labute approximate surface area is 147 Å². The maximum Gasteiger partial charge on any atom is 0.256 e. The van der Waals surface area contributed by atoms with E-state index in [4.69, 9.17) is 0 Å². The van der Waals surface area contributed by atoms with E-state index in [0.717, 1.165) is 44.7 Å². The zero-order valence-corrected chi connectivity index (χ0v) is 14.3. The van der Waals surface area contributed by atoms with Gasteiger partial charge in [-0.05, 0) is 49.9 Å². The van der Waals surface area contributed by atoms with Crippen LogP contribution in [0, 0.1) is 0 Å². The zero-order valence-electron chi connectivity index (χ0n) is 14.3. The van der Waals surface area contributed by atoms with Crippen molar-refractivity contribution in [2.75, 3.05) is 36.4 Å². The second kappa shape index (κ2) is 7.09. The number of nitrogens with one attached hydrogen (secondary N) is 1. The molecule has 2 aromatic rings. The molecular weight excluding hydrogens is 314 g/mol. The van der Waals surface area contributed by atoms with E-state index in [1.807, 2.05) is 17.0 Å². The van der Waals surface area contributed by atoms with Gasteiger partial charge in [-0.3, -0.25) is 4.79 Å². The van der Waals surface area contributed by atoms with Gasteiger partial charge in [0.05, 0.1) is 5.56 Å². The van der Waals surface area contributed by atoms with Crippen molar-refractivity contribution in [2.45, 2.75) is 25.7 Å². The van der Waals surface area contributed by atoms with Crippen LogP contribution in [-0.4, -0.2) is 47.0 Å². The summed E-state index contributed by atoms with van der Waals surface area (Å²) < 4.78 is 0. The number of anilines is 3. The van der Waals surface area contributed by atoms with Gasteiger partial charge in [0, 0.05) is 49.9 Å². The number of benzene rings is 1. The van der Waals surface area contributed by atoms with Crippen molar-refractivity contribution in [2.24, 2.45) is 0 Å². The minimum Gasteiger partial charge on any atom is -0.372 e. The molecule has 2 saturated heterocycles. The monoisotopic (exact) mass is 337 g/mol. The summed E-state index contributed by atoms with van der Waals surface area (Å²) in [5, 5.41) is 3.19. The minimum absolute atomic E-state index is 0.0269. The third-order valence-corrected chi connectivity index (χ3v) is 4.89. The molecule has 1 amide bonds. The summed E-state index contributed by atoms with van der Waals surface area (Å²) in [5.74, 6) is 0.533. The molecule has 6 nitrogen and oxygen atoms in total. The molecule has 1 aromatic heterocycles. The largest absolute Gasteiger partial charge is 0.372 e. The van der Waals surface area contributed by atoms with E-state index in [-0.39, 0.29) is 5.91 Å². The van der Waals surface area contributed by atoms with Crippen molar-refractivity contribution in [1.29, 1.82) is 0 Å². The molecule has 0 atom stereocenters. The summed E-state index contributed by atoms with van der Waals surface area (Å²) in [5.41, 5.74) is 2.76. The third-order valence-electron chi connectivity index (χ3n) is 4.89. The fourth-order valence-electron chi connectivity index (χ4n) is 3.47. The van der Waals surface area contributed by atoms with Crippen molar-refractivity contribution in [3.8, 4) is 0 Å². The molecule has 2 aliphatic rings. The first-order chi connectivity index (χ1) is 12.3. The van der Waals surface area contributed by atoms with Crippen molar-refractivity contribution >= 4 is 23.2 Å². The first-order valence-corrected chi connectivity index (χ1v) is 9.03. The van der Waals surface area contributed by atoms with Crippen LogP contribution in [-0.2, 0) is 0 Å². The first-order valence-electron chi connectivity index (χ1n) is 9.03. The maximum absolute atomic E-state index is 12.3. The normalized spacial score (nSPS) is 17.1. The van der Waals surface area contributed by atoms with Crippen LogP contribution >= 0.6 is 0 Å². The highest BCUT2D eigenvalue weighted by molar-refractivity contribution is 5.93. The van der Waals surface area contributed by atoms with E-state index in [9.17, 15) is 4.79 Å². The molecule has 0 bridgehead atoms. The number of rotatable bonds is 4. The van der Waals surface area contributed by atoms with Gasteiger partial charge in [-0.15, -0.1) is 0 Å². The minimum atomic E-state index is 0.0269. The van der Waals surface area contributed by atoms with E-state index in [1.165, 1.54) is 18.5 Å². The lowest BCUT2D eigenvalue weighted by Crippen LogP contribution is -2.27. The smallest absolute Gasteiger partial charge is 0.256 e. The molecule has 25 heavy (non-hydrogen) atoms. The summed E-state index contributed by atoms with van der Waals surface area (Å²) in [4.78, 5) is 25.1. The van der Waals surface area contributed by atoms with Crippen LogP contribution in [0.3, 0.4) is 0 Å². The summed E-state index contributed by atoms with van der Waals surface area (Å²) in [6, 6.07) is 8.33. The summed E-state index contributed by atoms with van der Waals surface area (Å²) in [7, 11) is 0. The van der Waals surface area contributed by atoms with Crippen LogP contribution in [0.15, 0.2) is 36.7 Å². The molecule has 3 heterocycles. The second-order valence-corrected chi connectivity index (χ2v) is 6.66. The van der Waals surface area contributed by atoms with Gasteiger partial charge in [-0.2, -0.15) is 0 Å². The number of hydrogen-bond donors (Lipinski definition) is 1.